The fraction of sp³-hybridized carbons (Fsp3) is 0.0952. The molecule has 0 unspecified atom stereocenters. The molecule has 0 amide bonds. The van der Waals surface area contributed by atoms with Crippen LogP contribution >= 0.6 is 0 Å². The average Bonchev–Trinajstić information content (AvgIpc) is 3.04. The maximum Gasteiger partial charge on any atom is 0.125 e. The fourth-order valence-electron chi connectivity index (χ4n) is 6.07. The Morgan fingerprint density at radius 1 is 0.447 bits per heavy atom. The van der Waals surface area contributed by atoms with E-state index in [1.54, 1.807) is 12.1 Å². The van der Waals surface area contributed by atoms with Crippen LogP contribution in [-0.4, -0.2) is 21.6 Å². The first-order valence-electron chi connectivity index (χ1n) is 15.4. The van der Waals surface area contributed by atoms with E-state index < -0.39 is 0 Å². The van der Waals surface area contributed by atoms with Crippen molar-refractivity contribution in [1.82, 2.24) is 0 Å². The van der Waals surface area contributed by atoms with Crippen molar-refractivity contribution in [2.45, 2.75) is 27.7 Å². The molecule has 0 saturated heterocycles. The molecule has 47 heavy (non-hydrogen) atoms. The zero-order valence-electron chi connectivity index (χ0n) is 27.2. The van der Waals surface area contributed by atoms with Gasteiger partial charge in [0.25, 0.3) is 0 Å². The van der Waals surface area contributed by atoms with Crippen molar-refractivity contribution in [2.75, 3.05) is 0 Å². The molecular formula is C42H36N2O2Zn. The number of hydrogen-bond donors (Lipinski definition) is 2. The number of hydrogen-bond acceptors (Lipinski definition) is 4. The molecule has 0 bridgehead atoms. The van der Waals surface area contributed by atoms with Gasteiger partial charge in [-0.15, -0.1) is 0 Å². The van der Waals surface area contributed by atoms with Gasteiger partial charge in [-0.1, -0.05) is 109 Å². The predicted octanol–water partition coefficient (Wildman–Crippen LogP) is 10.3. The number of benzene rings is 6. The number of aryl methyl sites for hydroxylation is 4. The van der Waals surface area contributed by atoms with E-state index in [0.717, 1.165) is 55.9 Å². The summed E-state index contributed by atoms with van der Waals surface area (Å²) in [6, 6.07) is 43.7. The zero-order valence-corrected chi connectivity index (χ0v) is 30.2. The van der Waals surface area contributed by atoms with Gasteiger partial charge in [0.15, 0.2) is 0 Å². The third kappa shape index (κ3) is 7.16. The molecule has 228 valence electrons. The summed E-state index contributed by atoms with van der Waals surface area (Å²) in [6.45, 7) is 7.96. The van der Waals surface area contributed by atoms with Crippen LogP contribution in [0.25, 0.3) is 11.1 Å². The average molecular weight is 666 g/mol. The molecular weight excluding hydrogens is 630 g/mol. The van der Waals surface area contributed by atoms with Gasteiger partial charge in [-0.2, -0.15) is 0 Å². The van der Waals surface area contributed by atoms with E-state index in [2.05, 4.69) is 24.3 Å². The van der Waals surface area contributed by atoms with Gasteiger partial charge in [0.1, 0.15) is 11.5 Å². The van der Waals surface area contributed by atoms with Crippen molar-refractivity contribution < 1.29 is 29.7 Å². The Hall–Kier alpha value is -5.12. The first kappa shape index (κ1) is 33.3. The van der Waals surface area contributed by atoms with E-state index in [1.165, 1.54) is 0 Å². The summed E-state index contributed by atoms with van der Waals surface area (Å²) >= 11 is 0. The van der Waals surface area contributed by atoms with Crippen LogP contribution in [0.2, 0.25) is 0 Å². The second-order valence-electron chi connectivity index (χ2n) is 11.6. The van der Waals surface area contributed by atoms with Crippen LogP contribution in [0.3, 0.4) is 0 Å². The SMILES string of the molecule is Cc1cc(C)c(C(=Nc2ccccc2-c2ccccc2N=C(c2ccccc2)c2c(C)cc(C)cc2O)c2ccccc2)c(O)c1.[Zn]. The summed E-state index contributed by atoms with van der Waals surface area (Å²) in [6.07, 6.45) is 0. The van der Waals surface area contributed by atoms with E-state index >= 15 is 0 Å². The molecule has 0 fully saturated rings. The Balaban J connectivity index is 0.00000433. The van der Waals surface area contributed by atoms with Gasteiger partial charge in [0, 0.05) is 52.9 Å². The van der Waals surface area contributed by atoms with E-state index in [4.69, 9.17) is 9.98 Å². The Kier molecular flexibility index (Phi) is 10.3. The van der Waals surface area contributed by atoms with Crippen LogP contribution in [0.1, 0.15) is 44.5 Å². The molecule has 0 aliphatic rings. The molecule has 0 atom stereocenters. The Labute approximate surface area is 289 Å². The number of para-hydroxylation sites is 2. The van der Waals surface area contributed by atoms with Crippen LogP contribution < -0.4 is 0 Å². The molecule has 0 spiro atoms. The predicted molar refractivity (Wildman–Crippen MR) is 191 cm³/mol. The maximum absolute atomic E-state index is 11.2. The molecule has 5 heteroatoms. The second kappa shape index (κ2) is 14.5. The van der Waals surface area contributed by atoms with Gasteiger partial charge >= 0.3 is 0 Å². The van der Waals surface area contributed by atoms with Gasteiger partial charge in [-0.05, 0) is 74.2 Å². The van der Waals surface area contributed by atoms with Crippen molar-refractivity contribution in [1.29, 1.82) is 0 Å². The van der Waals surface area contributed by atoms with Gasteiger partial charge < -0.3 is 10.2 Å². The van der Waals surface area contributed by atoms with Crippen LogP contribution in [0.4, 0.5) is 11.4 Å². The van der Waals surface area contributed by atoms with Gasteiger partial charge in [0.2, 0.25) is 0 Å². The number of phenolic OH excluding ortho intramolecular Hbond substituents is 2. The molecule has 4 nitrogen and oxygen atoms in total. The molecule has 6 rings (SSSR count). The normalized spacial score (nSPS) is 11.7. The molecule has 0 aromatic heterocycles. The third-order valence-corrected chi connectivity index (χ3v) is 8.05. The van der Waals surface area contributed by atoms with Crippen LogP contribution in [0.15, 0.2) is 143 Å². The quantitative estimate of drug-likeness (QED) is 0.132. The molecule has 0 saturated carbocycles. The van der Waals surface area contributed by atoms with Crippen molar-refractivity contribution >= 4 is 22.8 Å². The fourth-order valence-corrected chi connectivity index (χ4v) is 6.07. The smallest absolute Gasteiger partial charge is 0.125 e. The summed E-state index contributed by atoms with van der Waals surface area (Å²) in [5.41, 5.74) is 11.8. The molecule has 0 aliphatic heterocycles. The minimum Gasteiger partial charge on any atom is -0.507 e. The molecule has 0 aliphatic carbocycles. The first-order valence-corrected chi connectivity index (χ1v) is 15.4. The molecule has 6 aromatic rings. The topological polar surface area (TPSA) is 65.2 Å². The molecule has 6 aromatic carbocycles. The Morgan fingerprint density at radius 3 is 1.15 bits per heavy atom. The number of nitrogens with zero attached hydrogens (tertiary/aromatic N) is 2. The summed E-state index contributed by atoms with van der Waals surface area (Å²) in [4.78, 5) is 10.5. The standard InChI is InChI=1S/C42H36N2O2.Zn/c1-27-23-29(3)39(37(45)25-27)41(31-15-7-5-8-16-31)43-35-21-13-11-19-33(35)34-20-12-14-22-36(34)44-42(32-17-9-6-10-18-32)40-30(4)24-28(2)26-38(40)46;/h5-26,45-46H,1-4H3;. The Bertz CT molecular complexity index is 1900. The summed E-state index contributed by atoms with van der Waals surface area (Å²) in [5, 5.41) is 22.3. The van der Waals surface area contributed by atoms with Crippen molar-refractivity contribution in [2.24, 2.45) is 9.98 Å². The monoisotopic (exact) mass is 664 g/mol. The van der Waals surface area contributed by atoms with Crippen LogP contribution in [0, 0.1) is 27.7 Å². The maximum atomic E-state index is 11.2. The molecule has 2 N–H and O–H groups in total. The van der Waals surface area contributed by atoms with Gasteiger partial charge in [-0.3, -0.25) is 0 Å². The summed E-state index contributed by atoms with van der Waals surface area (Å²) in [7, 11) is 0. The van der Waals surface area contributed by atoms with Crippen molar-refractivity contribution in [3.8, 4) is 22.6 Å². The van der Waals surface area contributed by atoms with Crippen molar-refractivity contribution in [3.63, 3.8) is 0 Å². The van der Waals surface area contributed by atoms with Crippen LogP contribution in [-0.2, 0) is 19.5 Å². The second-order valence-corrected chi connectivity index (χ2v) is 11.6. The van der Waals surface area contributed by atoms with Gasteiger partial charge in [0.05, 0.1) is 22.8 Å². The minimum absolute atomic E-state index is 0. The van der Waals surface area contributed by atoms with Gasteiger partial charge in [-0.25, -0.2) is 9.98 Å². The van der Waals surface area contributed by atoms with E-state index in [-0.39, 0.29) is 31.0 Å². The van der Waals surface area contributed by atoms with E-state index in [9.17, 15) is 10.2 Å². The minimum atomic E-state index is 0. The number of aliphatic imine (C=N–C) groups is 2. The summed E-state index contributed by atoms with van der Waals surface area (Å²) in [5.74, 6) is 0.395. The summed E-state index contributed by atoms with van der Waals surface area (Å²) < 4.78 is 0. The third-order valence-electron chi connectivity index (χ3n) is 8.05. The number of rotatable bonds is 7. The number of aromatic hydroxyl groups is 2. The van der Waals surface area contributed by atoms with E-state index in [1.807, 2.05) is 125 Å². The van der Waals surface area contributed by atoms with Crippen LogP contribution in [0.5, 0.6) is 11.5 Å². The first-order chi connectivity index (χ1) is 22.3. The zero-order chi connectivity index (χ0) is 32.2. The molecule has 0 heterocycles. The number of phenols is 2. The van der Waals surface area contributed by atoms with E-state index in [0.29, 0.717) is 22.6 Å². The largest absolute Gasteiger partial charge is 0.507 e. The molecule has 0 radical (unpaired) electrons. The van der Waals surface area contributed by atoms with Crippen molar-refractivity contribution in [3.05, 3.63) is 178 Å². The Morgan fingerprint density at radius 2 is 0.787 bits per heavy atom.